The molecule has 0 bridgehead atoms. The summed E-state index contributed by atoms with van der Waals surface area (Å²) >= 11 is 0. The number of hydrogen-bond donors (Lipinski definition) is 1. The van der Waals surface area contributed by atoms with Gasteiger partial charge in [-0.15, -0.1) is 0 Å². The molecule has 0 amide bonds. The summed E-state index contributed by atoms with van der Waals surface area (Å²) in [4.78, 5) is 4.43. The van der Waals surface area contributed by atoms with Crippen molar-refractivity contribution < 1.29 is 9.57 Å². The molecule has 0 aromatic heterocycles. The number of rotatable bonds is 5. The fraction of sp³-hybridized carbons (Fsp3) is 0.333. The molecule has 0 aliphatic carbocycles. The van der Waals surface area contributed by atoms with Gasteiger partial charge in [0.15, 0.2) is 0 Å². The van der Waals surface area contributed by atoms with E-state index >= 15 is 0 Å². The fourth-order valence-corrected chi connectivity index (χ4v) is 1.17. The summed E-state index contributed by atoms with van der Waals surface area (Å²) in [7, 11) is 0. The molecule has 1 aromatic carbocycles. The van der Waals surface area contributed by atoms with Crippen LogP contribution in [0.2, 0.25) is 0 Å². The van der Waals surface area contributed by atoms with E-state index in [2.05, 4.69) is 4.84 Å². The fourth-order valence-electron chi connectivity index (χ4n) is 1.17. The molecule has 0 aliphatic rings. The first kappa shape index (κ1) is 11.8. The Morgan fingerprint density at radius 1 is 1.27 bits per heavy atom. The van der Waals surface area contributed by atoms with E-state index in [0.29, 0.717) is 6.61 Å². The molecule has 0 spiro atoms. The van der Waals surface area contributed by atoms with Crippen molar-refractivity contribution in [2.75, 3.05) is 6.61 Å². The Bertz CT molecular complexity index is 304. The Morgan fingerprint density at radius 3 is 2.47 bits per heavy atom. The lowest BCUT2D eigenvalue weighted by Crippen LogP contribution is -2.05. The predicted molar refractivity (Wildman–Crippen MR) is 61.4 cm³/mol. The number of ether oxygens (including phenoxy) is 1. The van der Waals surface area contributed by atoms with Gasteiger partial charge < -0.3 is 9.57 Å². The van der Waals surface area contributed by atoms with Gasteiger partial charge in [0.1, 0.15) is 5.75 Å². The van der Waals surface area contributed by atoms with Gasteiger partial charge in [-0.05, 0) is 31.5 Å². The first-order valence-corrected chi connectivity index (χ1v) is 4.97. The van der Waals surface area contributed by atoms with Crippen LogP contribution in [0, 0.1) is 0 Å². The minimum atomic E-state index is 0.206. The maximum absolute atomic E-state index is 5.53. The first-order chi connectivity index (χ1) is 7.22. The van der Waals surface area contributed by atoms with Crippen molar-refractivity contribution in [3.05, 3.63) is 35.9 Å². The molecule has 2 N–H and O–H groups in total. The van der Waals surface area contributed by atoms with Gasteiger partial charge in [-0.1, -0.05) is 24.3 Å². The third-order valence-corrected chi connectivity index (χ3v) is 1.75. The molecule has 0 atom stereocenters. The minimum Gasteiger partial charge on any atom is -0.491 e. The van der Waals surface area contributed by atoms with Crippen molar-refractivity contribution in [2.24, 2.45) is 5.90 Å². The van der Waals surface area contributed by atoms with Crippen molar-refractivity contribution in [2.45, 2.75) is 20.0 Å². The predicted octanol–water partition coefficient (Wildman–Crippen LogP) is 2.38. The maximum atomic E-state index is 5.53. The smallest absolute Gasteiger partial charge is 0.119 e. The third-order valence-electron chi connectivity index (χ3n) is 1.75. The SMILES string of the molecule is CC(C)Oc1ccc(/C=C/CON)cc1. The molecule has 0 saturated heterocycles. The second kappa shape index (κ2) is 6.22. The number of benzene rings is 1. The summed E-state index contributed by atoms with van der Waals surface area (Å²) in [6, 6.07) is 7.88. The van der Waals surface area contributed by atoms with Gasteiger partial charge in [0.2, 0.25) is 0 Å². The minimum absolute atomic E-state index is 0.206. The average molecular weight is 207 g/mol. The van der Waals surface area contributed by atoms with Gasteiger partial charge in [0.25, 0.3) is 0 Å². The Labute approximate surface area is 90.5 Å². The summed E-state index contributed by atoms with van der Waals surface area (Å²) in [6.45, 7) is 4.43. The van der Waals surface area contributed by atoms with Gasteiger partial charge in [0, 0.05) is 0 Å². The van der Waals surface area contributed by atoms with Crippen LogP contribution in [0.5, 0.6) is 5.75 Å². The van der Waals surface area contributed by atoms with Gasteiger partial charge in [-0.2, -0.15) is 0 Å². The molecule has 0 saturated carbocycles. The van der Waals surface area contributed by atoms with Crippen LogP contribution < -0.4 is 10.6 Å². The highest BCUT2D eigenvalue weighted by molar-refractivity contribution is 5.50. The molecular weight excluding hydrogens is 190 g/mol. The van der Waals surface area contributed by atoms with E-state index in [1.807, 2.05) is 50.3 Å². The molecule has 0 unspecified atom stereocenters. The van der Waals surface area contributed by atoms with E-state index in [9.17, 15) is 0 Å². The highest BCUT2D eigenvalue weighted by Gasteiger charge is 1.95. The largest absolute Gasteiger partial charge is 0.491 e. The summed E-state index contributed by atoms with van der Waals surface area (Å²) in [5, 5.41) is 0. The maximum Gasteiger partial charge on any atom is 0.119 e. The summed E-state index contributed by atoms with van der Waals surface area (Å²) in [5.41, 5.74) is 1.10. The molecule has 3 heteroatoms. The Balaban J connectivity index is 2.56. The van der Waals surface area contributed by atoms with Crippen LogP contribution in [-0.2, 0) is 4.84 Å². The standard InChI is InChI=1S/C12H17NO2/c1-10(2)15-12-7-5-11(6-8-12)4-3-9-14-13/h3-8,10H,9,13H2,1-2H3/b4-3+. The second-order valence-electron chi connectivity index (χ2n) is 3.47. The molecule has 1 rings (SSSR count). The Hall–Kier alpha value is -1.32. The lowest BCUT2D eigenvalue weighted by atomic mass is 10.2. The van der Waals surface area contributed by atoms with Gasteiger partial charge in [-0.3, -0.25) is 0 Å². The average Bonchev–Trinajstić information content (AvgIpc) is 2.20. The van der Waals surface area contributed by atoms with Gasteiger partial charge in [-0.25, -0.2) is 5.90 Å². The normalized spacial score (nSPS) is 11.2. The molecule has 1 aromatic rings. The van der Waals surface area contributed by atoms with Crippen LogP contribution in [0.25, 0.3) is 6.08 Å². The molecule has 3 nitrogen and oxygen atoms in total. The zero-order chi connectivity index (χ0) is 11.1. The van der Waals surface area contributed by atoms with Crippen molar-refractivity contribution in [3.63, 3.8) is 0 Å². The van der Waals surface area contributed by atoms with Crippen LogP contribution in [0.4, 0.5) is 0 Å². The van der Waals surface area contributed by atoms with E-state index in [1.54, 1.807) is 0 Å². The summed E-state index contributed by atoms with van der Waals surface area (Å²) < 4.78 is 5.53. The lowest BCUT2D eigenvalue weighted by molar-refractivity contribution is 0.168. The van der Waals surface area contributed by atoms with Crippen molar-refractivity contribution in [1.29, 1.82) is 0 Å². The van der Waals surface area contributed by atoms with Crippen LogP contribution in [-0.4, -0.2) is 12.7 Å². The van der Waals surface area contributed by atoms with E-state index in [0.717, 1.165) is 11.3 Å². The van der Waals surface area contributed by atoms with Crippen molar-refractivity contribution >= 4 is 6.08 Å². The highest BCUT2D eigenvalue weighted by atomic mass is 16.6. The van der Waals surface area contributed by atoms with E-state index < -0.39 is 0 Å². The molecule has 82 valence electrons. The lowest BCUT2D eigenvalue weighted by Gasteiger charge is -2.09. The highest BCUT2D eigenvalue weighted by Crippen LogP contribution is 2.14. The molecule has 15 heavy (non-hydrogen) atoms. The van der Waals surface area contributed by atoms with Gasteiger partial charge >= 0.3 is 0 Å². The van der Waals surface area contributed by atoms with Crippen LogP contribution in [0.15, 0.2) is 30.3 Å². The Kier molecular flexibility index (Phi) is 4.87. The zero-order valence-corrected chi connectivity index (χ0v) is 9.14. The second-order valence-corrected chi connectivity index (χ2v) is 3.47. The van der Waals surface area contributed by atoms with Crippen LogP contribution in [0.1, 0.15) is 19.4 Å². The van der Waals surface area contributed by atoms with Gasteiger partial charge in [0.05, 0.1) is 12.7 Å². The summed E-state index contributed by atoms with van der Waals surface area (Å²) in [5.74, 6) is 5.79. The number of nitrogens with two attached hydrogens (primary N) is 1. The molecule has 0 heterocycles. The molecule has 0 aliphatic heterocycles. The van der Waals surface area contributed by atoms with E-state index in [1.165, 1.54) is 0 Å². The Morgan fingerprint density at radius 2 is 1.93 bits per heavy atom. The molecular formula is C12H17NO2. The zero-order valence-electron chi connectivity index (χ0n) is 9.14. The van der Waals surface area contributed by atoms with Crippen molar-refractivity contribution in [1.82, 2.24) is 0 Å². The topological polar surface area (TPSA) is 44.5 Å². The molecule has 0 fully saturated rings. The van der Waals surface area contributed by atoms with Crippen molar-refractivity contribution in [3.8, 4) is 5.75 Å². The first-order valence-electron chi connectivity index (χ1n) is 4.97. The van der Waals surface area contributed by atoms with E-state index in [-0.39, 0.29) is 6.10 Å². The monoisotopic (exact) mass is 207 g/mol. The number of hydrogen-bond acceptors (Lipinski definition) is 3. The summed E-state index contributed by atoms with van der Waals surface area (Å²) in [6.07, 6.45) is 4.02. The van der Waals surface area contributed by atoms with Crippen LogP contribution in [0.3, 0.4) is 0 Å². The van der Waals surface area contributed by atoms with E-state index in [4.69, 9.17) is 10.6 Å². The third kappa shape index (κ3) is 4.63. The molecule has 0 radical (unpaired) electrons. The quantitative estimate of drug-likeness (QED) is 0.754. The van der Waals surface area contributed by atoms with Crippen LogP contribution >= 0.6 is 0 Å².